The Hall–Kier alpha value is -1.39. The molecule has 0 radical (unpaired) electrons. The van der Waals surface area contributed by atoms with Crippen LogP contribution >= 0.6 is 11.6 Å². The Bertz CT molecular complexity index is 455. The second-order valence-electron chi connectivity index (χ2n) is 3.03. The van der Waals surface area contributed by atoms with Crippen LogP contribution in [-0.4, -0.2) is 21.9 Å². The molecule has 0 saturated carbocycles. The molecule has 1 heterocycles. The number of hydrogen-bond donors (Lipinski definition) is 0. The summed E-state index contributed by atoms with van der Waals surface area (Å²) in [7, 11) is 1.62. The fourth-order valence-corrected chi connectivity index (χ4v) is 1.51. The third-order valence-corrected chi connectivity index (χ3v) is 2.21. The van der Waals surface area contributed by atoms with E-state index in [2.05, 4.69) is 10.2 Å². The molecule has 5 heteroatoms. The van der Waals surface area contributed by atoms with Crippen molar-refractivity contribution < 1.29 is 4.74 Å². The van der Waals surface area contributed by atoms with Crippen LogP contribution in [0.2, 0.25) is 5.02 Å². The highest BCUT2D eigenvalue weighted by Crippen LogP contribution is 2.15. The maximum Gasteiger partial charge on any atom is 0.163 e. The largest absolute Gasteiger partial charge is 0.377 e. The summed E-state index contributed by atoms with van der Waals surface area (Å²) in [5.74, 6) is 0.750. The Labute approximate surface area is 92.5 Å². The predicted octanol–water partition coefficient (Wildman–Crippen LogP) is 2.07. The molecular formula is C10H10ClN3O. The average molecular weight is 224 g/mol. The van der Waals surface area contributed by atoms with Gasteiger partial charge in [-0.15, -0.1) is 10.2 Å². The number of hydrogen-bond acceptors (Lipinski definition) is 3. The van der Waals surface area contributed by atoms with Gasteiger partial charge in [-0.25, -0.2) is 0 Å². The van der Waals surface area contributed by atoms with E-state index in [4.69, 9.17) is 16.3 Å². The van der Waals surface area contributed by atoms with Crippen LogP contribution in [0.3, 0.4) is 0 Å². The van der Waals surface area contributed by atoms with Crippen molar-refractivity contribution in [2.75, 3.05) is 7.11 Å². The van der Waals surface area contributed by atoms with Crippen molar-refractivity contribution in [2.24, 2.45) is 0 Å². The Morgan fingerprint density at radius 2 is 2.33 bits per heavy atom. The molecule has 0 amide bonds. The lowest BCUT2D eigenvalue weighted by Crippen LogP contribution is -2.01. The van der Waals surface area contributed by atoms with Crippen LogP contribution in [0.4, 0.5) is 0 Å². The number of benzene rings is 1. The van der Waals surface area contributed by atoms with Gasteiger partial charge in [0, 0.05) is 17.8 Å². The van der Waals surface area contributed by atoms with Gasteiger partial charge in [0.1, 0.15) is 12.9 Å². The van der Waals surface area contributed by atoms with Gasteiger partial charge < -0.3 is 4.74 Å². The van der Waals surface area contributed by atoms with Gasteiger partial charge in [-0.1, -0.05) is 17.7 Å². The topological polar surface area (TPSA) is 39.9 Å². The van der Waals surface area contributed by atoms with E-state index in [1.807, 2.05) is 28.8 Å². The van der Waals surface area contributed by atoms with Gasteiger partial charge in [-0.2, -0.15) is 0 Å². The molecule has 15 heavy (non-hydrogen) atoms. The van der Waals surface area contributed by atoms with Crippen LogP contribution in [0.1, 0.15) is 5.82 Å². The summed E-state index contributed by atoms with van der Waals surface area (Å²) in [6.07, 6.45) is 1.64. The lowest BCUT2D eigenvalue weighted by atomic mass is 10.3. The van der Waals surface area contributed by atoms with E-state index in [1.54, 1.807) is 13.4 Å². The molecule has 0 unspecified atom stereocenters. The van der Waals surface area contributed by atoms with Crippen molar-refractivity contribution in [3.05, 3.63) is 41.4 Å². The van der Waals surface area contributed by atoms with E-state index in [-0.39, 0.29) is 0 Å². The van der Waals surface area contributed by atoms with Gasteiger partial charge in [-0.05, 0) is 18.2 Å². The molecular weight excluding hydrogens is 214 g/mol. The molecule has 0 aliphatic heterocycles. The first kappa shape index (κ1) is 10.1. The molecule has 0 spiro atoms. The monoisotopic (exact) mass is 223 g/mol. The zero-order valence-corrected chi connectivity index (χ0v) is 8.98. The summed E-state index contributed by atoms with van der Waals surface area (Å²) in [5, 5.41) is 8.48. The zero-order valence-electron chi connectivity index (χ0n) is 8.22. The SMILES string of the molecule is COCc1nncn1-c1cccc(Cl)c1. The van der Waals surface area contributed by atoms with E-state index in [0.717, 1.165) is 11.5 Å². The number of nitrogens with zero attached hydrogens (tertiary/aromatic N) is 3. The number of halogens is 1. The van der Waals surface area contributed by atoms with E-state index in [9.17, 15) is 0 Å². The molecule has 0 atom stereocenters. The van der Waals surface area contributed by atoms with E-state index >= 15 is 0 Å². The highest BCUT2D eigenvalue weighted by atomic mass is 35.5. The summed E-state index contributed by atoms with van der Waals surface area (Å²) in [4.78, 5) is 0. The van der Waals surface area contributed by atoms with Gasteiger partial charge in [0.15, 0.2) is 5.82 Å². The van der Waals surface area contributed by atoms with Gasteiger partial charge >= 0.3 is 0 Å². The Balaban J connectivity index is 2.40. The smallest absolute Gasteiger partial charge is 0.163 e. The fourth-order valence-electron chi connectivity index (χ4n) is 1.33. The molecule has 0 N–H and O–H groups in total. The van der Waals surface area contributed by atoms with Crippen molar-refractivity contribution in [1.29, 1.82) is 0 Å². The standard InChI is InChI=1S/C10H10ClN3O/c1-15-6-10-13-12-7-14(10)9-4-2-3-8(11)5-9/h2-5,7H,6H2,1H3. The van der Waals surface area contributed by atoms with Crippen molar-refractivity contribution in [3.63, 3.8) is 0 Å². The first-order valence-electron chi connectivity index (χ1n) is 4.45. The molecule has 0 fully saturated rings. The van der Waals surface area contributed by atoms with Crippen molar-refractivity contribution in [2.45, 2.75) is 6.61 Å². The van der Waals surface area contributed by atoms with Crippen molar-refractivity contribution in [3.8, 4) is 5.69 Å². The average Bonchev–Trinajstić information content (AvgIpc) is 2.66. The third kappa shape index (κ3) is 2.16. The lowest BCUT2D eigenvalue weighted by molar-refractivity contribution is 0.176. The van der Waals surface area contributed by atoms with E-state index in [0.29, 0.717) is 11.6 Å². The molecule has 1 aromatic carbocycles. The molecule has 78 valence electrons. The lowest BCUT2D eigenvalue weighted by Gasteiger charge is -2.05. The second kappa shape index (κ2) is 4.42. The molecule has 0 saturated heterocycles. The van der Waals surface area contributed by atoms with Gasteiger partial charge in [0.05, 0.1) is 0 Å². The summed E-state index contributed by atoms with van der Waals surface area (Å²) in [6.45, 7) is 0.423. The number of rotatable bonds is 3. The number of aromatic nitrogens is 3. The minimum atomic E-state index is 0.423. The van der Waals surface area contributed by atoms with Crippen LogP contribution < -0.4 is 0 Å². The molecule has 4 nitrogen and oxygen atoms in total. The Morgan fingerprint density at radius 3 is 3.07 bits per heavy atom. The maximum atomic E-state index is 5.91. The minimum Gasteiger partial charge on any atom is -0.377 e. The minimum absolute atomic E-state index is 0.423. The zero-order chi connectivity index (χ0) is 10.7. The van der Waals surface area contributed by atoms with Crippen LogP contribution in [0.25, 0.3) is 5.69 Å². The fraction of sp³-hybridized carbons (Fsp3) is 0.200. The summed E-state index contributed by atoms with van der Waals surface area (Å²) in [5.41, 5.74) is 0.930. The number of ether oxygens (including phenoxy) is 1. The van der Waals surface area contributed by atoms with Gasteiger partial charge in [-0.3, -0.25) is 4.57 Å². The Kier molecular flexibility index (Phi) is 2.99. The number of methoxy groups -OCH3 is 1. The normalized spacial score (nSPS) is 10.5. The summed E-state index contributed by atoms with van der Waals surface area (Å²) in [6, 6.07) is 7.50. The molecule has 2 aromatic rings. The van der Waals surface area contributed by atoms with Crippen LogP contribution in [-0.2, 0) is 11.3 Å². The molecule has 0 aliphatic carbocycles. The van der Waals surface area contributed by atoms with E-state index in [1.165, 1.54) is 0 Å². The highest BCUT2D eigenvalue weighted by molar-refractivity contribution is 6.30. The summed E-state index contributed by atoms with van der Waals surface area (Å²) >= 11 is 5.91. The predicted molar refractivity (Wildman–Crippen MR) is 57.1 cm³/mol. The van der Waals surface area contributed by atoms with Crippen molar-refractivity contribution in [1.82, 2.24) is 14.8 Å². The molecule has 1 aromatic heterocycles. The first-order valence-corrected chi connectivity index (χ1v) is 4.83. The van der Waals surface area contributed by atoms with Crippen LogP contribution in [0.5, 0.6) is 0 Å². The Morgan fingerprint density at radius 1 is 1.47 bits per heavy atom. The quantitative estimate of drug-likeness (QED) is 0.800. The molecule has 0 aliphatic rings. The van der Waals surface area contributed by atoms with Gasteiger partial charge in [0.2, 0.25) is 0 Å². The summed E-state index contributed by atoms with van der Waals surface area (Å²) < 4.78 is 6.86. The molecule has 2 rings (SSSR count). The van der Waals surface area contributed by atoms with E-state index < -0.39 is 0 Å². The second-order valence-corrected chi connectivity index (χ2v) is 3.47. The maximum absolute atomic E-state index is 5.91. The highest BCUT2D eigenvalue weighted by Gasteiger charge is 2.05. The van der Waals surface area contributed by atoms with Crippen LogP contribution in [0, 0.1) is 0 Å². The van der Waals surface area contributed by atoms with Crippen molar-refractivity contribution >= 4 is 11.6 Å². The third-order valence-electron chi connectivity index (χ3n) is 1.98. The first-order chi connectivity index (χ1) is 7.31. The molecule has 0 bridgehead atoms. The van der Waals surface area contributed by atoms with Crippen LogP contribution in [0.15, 0.2) is 30.6 Å². The van der Waals surface area contributed by atoms with Gasteiger partial charge in [0.25, 0.3) is 0 Å².